The minimum atomic E-state index is -0.419. The molecule has 1 heterocycles. The van der Waals surface area contributed by atoms with E-state index in [1.54, 1.807) is 0 Å². The van der Waals surface area contributed by atoms with E-state index in [0.717, 1.165) is 19.4 Å². The molecule has 0 aromatic carbocycles. The molecule has 0 aromatic rings. The van der Waals surface area contributed by atoms with Crippen LogP contribution in [0.4, 0.5) is 4.79 Å². The van der Waals surface area contributed by atoms with Crippen LogP contribution in [-0.2, 0) is 4.74 Å². The molecule has 1 saturated heterocycles. The van der Waals surface area contributed by atoms with E-state index in [4.69, 9.17) is 4.74 Å². The number of carbonyl (C=O) groups is 1. The van der Waals surface area contributed by atoms with Crippen LogP contribution in [0.1, 0.15) is 40.5 Å². The van der Waals surface area contributed by atoms with E-state index in [-0.39, 0.29) is 12.1 Å². The summed E-state index contributed by atoms with van der Waals surface area (Å²) in [6.07, 6.45) is 3.87. The monoisotopic (exact) mass is 225 g/mol. The lowest BCUT2D eigenvalue weighted by Gasteiger charge is -2.37. The van der Waals surface area contributed by atoms with E-state index in [2.05, 4.69) is 13.5 Å². The summed E-state index contributed by atoms with van der Waals surface area (Å²) in [4.78, 5) is 13.8. The molecule has 3 nitrogen and oxygen atoms in total. The molecule has 92 valence electrons. The van der Waals surface area contributed by atoms with Gasteiger partial charge in [-0.3, -0.25) is 0 Å². The molecule has 0 aliphatic carbocycles. The topological polar surface area (TPSA) is 29.5 Å². The molecule has 1 amide bonds. The highest BCUT2D eigenvalue weighted by Crippen LogP contribution is 2.24. The maximum absolute atomic E-state index is 12.0. The summed E-state index contributed by atoms with van der Waals surface area (Å²) in [5, 5.41) is 0. The summed E-state index contributed by atoms with van der Waals surface area (Å²) in [6, 6.07) is 0.269. The van der Waals surface area contributed by atoms with Gasteiger partial charge < -0.3 is 9.64 Å². The fourth-order valence-corrected chi connectivity index (χ4v) is 1.90. The molecule has 0 spiro atoms. The molecular weight excluding hydrogens is 202 g/mol. The van der Waals surface area contributed by atoms with Crippen molar-refractivity contribution < 1.29 is 9.53 Å². The zero-order valence-corrected chi connectivity index (χ0v) is 10.8. The van der Waals surface area contributed by atoms with E-state index < -0.39 is 5.60 Å². The molecule has 3 heteroatoms. The molecule has 2 atom stereocenters. The number of rotatable bonds is 1. The van der Waals surface area contributed by atoms with Crippen molar-refractivity contribution in [2.24, 2.45) is 5.92 Å². The largest absolute Gasteiger partial charge is 0.444 e. The molecule has 0 unspecified atom stereocenters. The van der Waals surface area contributed by atoms with Crippen LogP contribution >= 0.6 is 0 Å². The van der Waals surface area contributed by atoms with Crippen molar-refractivity contribution >= 4 is 6.09 Å². The van der Waals surface area contributed by atoms with Crippen LogP contribution in [0.2, 0.25) is 0 Å². The lowest BCUT2D eigenvalue weighted by Crippen LogP contribution is -2.47. The van der Waals surface area contributed by atoms with Gasteiger partial charge in [0.05, 0.1) is 0 Å². The number of ether oxygens (including phenoxy) is 1. The van der Waals surface area contributed by atoms with Gasteiger partial charge in [0, 0.05) is 12.6 Å². The van der Waals surface area contributed by atoms with Crippen molar-refractivity contribution in [3.05, 3.63) is 12.7 Å². The number of likely N-dealkylation sites (tertiary alicyclic amines) is 1. The van der Waals surface area contributed by atoms with Gasteiger partial charge in [-0.1, -0.05) is 6.08 Å². The maximum Gasteiger partial charge on any atom is 0.410 e. The number of amides is 1. The molecule has 1 rings (SSSR count). The smallest absolute Gasteiger partial charge is 0.410 e. The van der Waals surface area contributed by atoms with Gasteiger partial charge in [0.1, 0.15) is 5.60 Å². The van der Waals surface area contributed by atoms with Crippen molar-refractivity contribution in [2.45, 2.75) is 52.2 Å². The Balaban J connectivity index is 2.62. The average Bonchev–Trinajstić information content (AvgIpc) is 2.15. The first-order chi connectivity index (χ1) is 7.33. The molecule has 16 heavy (non-hydrogen) atoms. The van der Waals surface area contributed by atoms with Gasteiger partial charge in [-0.15, -0.1) is 6.58 Å². The van der Waals surface area contributed by atoms with Crippen LogP contribution in [0.5, 0.6) is 0 Å². The van der Waals surface area contributed by atoms with Gasteiger partial charge in [0.2, 0.25) is 0 Å². The Morgan fingerprint density at radius 1 is 1.44 bits per heavy atom. The zero-order valence-electron chi connectivity index (χ0n) is 10.8. The summed E-state index contributed by atoms with van der Waals surface area (Å²) in [7, 11) is 0. The molecule has 0 N–H and O–H groups in total. The van der Waals surface area contributed by atoms with Gasteiger partial charge in [0.25, 0.3) is 0 Å². The molecule has 1 fully saturated rings. The van der Waals surface area contributed by atoms with Crippen LogP contribution in [0.25, 0.3) is 0 Å². The van der Waals surface area contributed by atoms with E-state index in [9.17, 15) is 4.79 Å². The summed E-state index contributed by atoms with van der Waals surface area (Å²) < 4.78 is 5.39. The predicted molar refractivity (Wildman–Crippen MR) is 65.3 cm³/mol. The van der Waals surface area contributed by atoms with E-state index in [0.29, 0.717) is 5.92 Å². The first-order valence-electron chi connectivity index (χ1n) is 5.95. The summed E-state index contributed by atoms with van der Waals surface area (Å²) in [5.74, 6) is 0.406. The molecular formula is C13H23NO2. The highest BCUT2D eigenvalue weighted by atomic mass is 16.6. The van der Waals surface area contributed by atoms with Crippen LogP contribution in [0.3, 0.4) is 0 Å². The van der Waals surface area contributed by atoms with Crippen LogP contribution in [0, 0.1) is 5.92 Å². The van der Waals surface area contributed by atoms with Crippen molar-refractivity contribution in [3.63, 3.8) is 0 Å². The Labute approximate surface area is 98.5 Å². The maximum atomic E-state index is 12.0. The molecule has 0 aromatic heterocycles. The number of hydrogen-bond donors (Lipinski definition) is 0. The zero-order chi connectivity index (χ0) is 12.3. The average molecular weight is 225 g/mol. The van der Waals surface area contributed by atoms with E-state index in [1.807, 2.05) is 31.7 Å². The third kappa shape index (κ3) is 3.54. The van der Waals surface area contributed by atoms with Crippen LogP contribution in [0.15, 0.2) is 12.7 Å². The Morgan fingerprint density at radius 3 is 2.56 bits per heavy atom. The molecule has 0 saturated carbocycles. The third-order valence-electron chi connectivity index (χ3n) is 2.88. The Morgan fingerprint density at radius 2 is 2.06 bits per heavy atom. The van der Waals surface area contributed by atoms with E-state index >= 15 is 0 Å². The number of carbonyl (C=O) groups excluding carboxylic acids is 1. The number of hydrogen-bond acceptors (Lipinski definition) is 2. The van der Waals surface area contributed by atoms with Crippen molar-refractivity contribution in [1.82, 2.24) is 4.90 Å². The quantitative estimate of drug-likeness (QED) is 0.641. The van der Waals surface area contributed by atoms with Gasteiger partial charge in [0.15, 0.2) is 0 Å². The lowest BCUT2D eigenvalue weighted by molar-refractivity contribution is 0.00816. The second-order valence-corrected chi connectivity index (χ2v) is 5.55. The SMILES string of the molecule is C=C[C@H]1CC[C@@H](C)N(C(=O)OC(C)(C)C)C1. The fourth-order valence-electron chi connectivity index (χ4n) is 1.90. The van der Waals surface area contributed by atoms with Gasteiger partial charge in [-0.2, -0.15) is 0 Å². The normalized spacial score (nSPS) is 26.4. The van der Waals surface area contributed by atoms with Gasteiger partial charge in [-0.25, -0.2) is 4.79 Å². The van der Waals surface area contributed by atoms with Crippen LogP contribution < -0.4 is 0 Å². The molecule has 1 aliphatic rings. The Hall–Kier alpha value is -0.990. The highest BCUT2D eigenvalue weighted by Gasteiger charge is 2.30. The van der Waals surface area contributed by atoms with Crippen molar-refractivity contribution in [1.29, 1.82) is 0 Å². The van der Waals surface area contributed by atoms with E-state index in [1.165, 1.54) is 0 Å². The standard InChI is InChI=1S/C13H23NO2/c1-6-11-8-7-10(2)14(9-11)12(15)16-13(3,4)5/h6,10-11H,1,7-9H2,2-5H3/t10-,11+/m1/s1. The third-order valence-corrected chi connectivity index (χ3v) is 2.88. The highest BCUT2D eigenvalue weighted by molar-refractivity contribution is 5.68. The number of nitrogens with zero attached hydrogens (tertiary/aromatic N) is 1. The predicted octanol–water partition coefficient (Wildman–Crippen LogP) is 3.21. The van der Waals surface area contributed by atoms with Crippen molar-refractivity contribution in [3.8, 4) is 0 Å². The molecule has 1 aliphatic heterocycles. The Bertz CT molecular complexity index is 268. The number of piperidine rings is 1. The second kappa shape index (κ2) is 4.89. The first-order valence-corrected chi connectivity index (χ1v) is 5.95. The second-order valence-electron chi connectivity index (χ2n) is 5.55. The molecule has 0 bridgehead atoms. The summed E-state index contributed by atoms with van der Waals surface area (Å²) in [6.45, 7) is 12.3. The van der Waals surface area contributed by atoms with Crippen molar-refractivity contribution in [2.75, 3.05) is 6.54 Å². The fraction of sp³-hybridized carbons (Fsp3) is 0.769. The lowest BCUT2D eigenvalue weighted by atomic mass is 9.94. The van der Waals surface area contributed by atoms with Crippen LogP contribution in [-0.4, -0.2) is 29.2 Å². The summed E-state index contributed by atoms with van der Waals surface area (Å²) >= 11 is 0. The van der Waals surface area contributed by atoms with Gasteiger partial charge >= 0.3 is 6.09 Å². The Kier molecular flexibility index (Phi) is 4.00. The summed E-state index contributed by atoms with van der Waals surface area (Å²) in [5.41, 5.74) is -0.419. The molecule has 0 radical (unpaired) electrons. The minimum absolute atomic E-state index is 0.202. The van der Waals surface area contributed by atoms with Gasteiger partial charge in [-0.05, 0) is 46.5 Å². The first kappa shape index (κ1) is 13.1. The minimum Gasteiger partial charge on any atom is -0.444 e.